The molecule has 0 bridgehead atoms. The van der Waals surface area contributed by atoms with E-state index in [0.717, 1.165) is 24.4 Å². The number of hydrogen-bond acceptors (Lipinski definition) is 6. The highest BCUT2D eigenvalue weighted by atomic mass is 16.5. The van der Waals surface area contributed by atoms with Crippen molar-refractivity contribution in [2.24, 2.45) is 5.92 Å². The largest absolute Gasteiger partial charge is 0.493 e. The van der Waals surface area contributed by atoms with Crippen molar-refractivity contribution in [2.75, 3.05) is 13.7 Å². The minimum absolute atomic E-state index is 0.0393. The molecule has 28 heavy (non-hydrogen) atoms. The topological polar surface area (TPSA) is 111 Å². The van der Waals surface area contributed by atoms with Gasteiger partial charge in [0, 0.05) is 0 Å². The first-order valence-corrected chi connectivity index (χ1v) is 8.98. The number of carbonyl (C=O) groups is 2. The number of aromatic carboxylic acids is 1. The minimum atomic E-state index is -1.20. The summed E-state index contributed by atoms with van der Waals surface area (Å²) in [6, 6.07) is 5.16. The molecule has 2 aromatic rings. The van der Waals surface area contributed by atoms with Gasteiger partial charge in [0.2, 0.25) is 0 Å². The van der Waals surface area contributed by atoms with Crippen molar-refractivity contribution in [1.29, 1.82) is 0 Å². The number of nitrogens with zero attached hydrogens (tertiary/aromatic N) is 2. The van der Waals surface area contributed by atoms with Crippen LogP contribution in [-0.4, -0.2) is 40.7 Å². The van der Waals surface area contributed by atoms with Crippen LogP contribution in [0.5, 0.6) is 11.5 Å². The summed E-state index contributed by atoms with van der Waals surface area (Å²) in [6.45, 7) is 6.69. The van der Waals surface area contributed by atoms with Gasteiger partial charge in [-0.05, 0) is 37.0 Å². The molecule has 1 atom stereocenters. The molecule has 2 rings (SSSR count). The highest BCUT2D eigenvalue weighted by molar-refractivity contribution is 5.93. The Morgan fingerprint density at radius 1 is 1.11 bits per heavy atom. The molecule has 1 heterocycles. The maximum absolute atomic E-state index is 12.3. The van der Waals surface area contributed by atoms with Crippen molar-refractivity contribution >= 4 is 11.9 Å². The second-order valence-electron chi connectivity index (χ2n) is 6.73. The second-order valence-corrected chi connectivity index (χ2v) is 6.73. The van der Waals surface area contributed by atoms with Gasteiger partial charge in [-0.3, -0.25) is 4.79 Å². The number of carboxylic acid groups (broad SMARTS) is 1. The number of carbonyl (C=O) groups excluding carboxylic acids is 1. The summed E-state index contributed by atoms with van der Waals surface area (Å²) < 4.78 is 11.2. The van der Waals surface area contributed by atoms with E-state index in [4.69, 9.17) is 14.6 Å². The summed E-state index contributed by atoms with van der Waals surface area (Å²) in [6.07, 6.45) is 3.13. The molecule has 0 fully saturated rings. The van der Waals surface area contributed by atoms with Crippen molar-refractivity contribution in [1.82, 2.24) is 15.3 Å². The molecule has 2 N–H and O–H groups in total. The molecule has 150 valence electrons. The van der Waals surface area contributed by atoms with E-state index < -0.39 is 11.9 Å². The van der Waals surface area contributed by atoms with E-state index in [1.54, 1.807) is 7.11 Å². The van der Waals surface area contributed by atoms with Crippen molar-refractivity contribution < 1.29 is 24.2 Å². The number of carboxylic acids is 1. The maximum Gasteiger partial charge on any atom is 0.356 e. The first kappa shape index (κ1) is 21.1. The van der Waals surface area contributed by atoms with E-state index >= 15 is 0 Å². The number of benzene rings is 1. The second kappa shape index (κ2) is 9.68. The molecule has 0 saturated carbocycles. The van der Waals surface area contributed by atoms with E-state index in [-0.39, 0.29) is 17.4 Å². The van der Waals surface area contributed by atoms with Gasteiger partial charge in [-0.15, -0.1) is 0 Å². The smallest absolute Gasteiger partial charge is 0.356 e. The Morgan fingerprint density at radius 3 is 2.36 bits per heavy atom. The van der Waals surface area contributed by atoms with Gasteiger partial charge in [-0.1, -0.05) is 19.9 Å². The predicted octanol–water partition coefficient (Wildman–Crippen LogP) is 3.10. The third-order valence-corrected chi connectivity index (χ3v) is 4.09. The Balaban J connectivity index is 2.05. The van der Waals surface area contributed by atoms with E-state index in [2.05, 4.69) is 29.1 Å². The Morgan fingerprint density at radius 2 is 1.79 bits per heavy atom. The standard InChI is InChI=1S/C20H25N3O5/c1-12(2)7-8-28-17-6-5-14(9-18(17)27-4)13(3)23-19(24)15-10-22-16(11-21-15)20(25)26/h5-6,9-13H,7-8H2,1-4H3,(H,23,24)(H,25,26). The molecule has 0 aliphatic heterocycles. The molecule has 8 nitrogen and oxygen atoms in total. The Bertz CT molecular complexity index is 821. The molecule has 1 amide bonds. The quantitative estimate of drug-likeness (QED) is 0.680. The van der Waals surface area contributed by atoms with Gasteiger partial charge in [-0.25, -0.2) is 14.8 Å². The van der Waals surface area contributed by atoms with Crippen LogP contribution < -0.4 is 14.8 Å². The molecule has 8 heteroatoms. The zero-order valence-corrected chi connectivity index (χ0v) is 16.4. The number of hydrogen-bond donors (Lipinski definition) is 2. The molecule has 1 unspecified atom stereocenters. The third-order valence-electron chi connectivity index (χ3n) is 4.09. The lowest BCUT2D eigenvalue weighted by Crippen LogP contribution is -2.27. The van der Waals surface area contributed by atoms with E-state index in [1.165, 1.54) is 0 Å². The normalized spacial score (nSPS) is 11.8. The summed E-state index contributed by atoms with van der Waals surface area (Å²) in [5, 5.41) is 11.6. The Kier molecular flexibility index (Phi) is 7.31. The lowest BCUT2D eigenvalue weighted by molar-refractivity contribution is 0.0689. The number of amides is 1. The molecular formula is C20H25N3O5. The summed E-state index contributed by atoms with van der Waals surface area (Å²) in [5.74, 6) is 0.144. The maximum atomic E-state index is 12.3. The first-order valence-electron chi connectivity index (χ1n) is 8.98. The summed E-state index contributed by atoms with van der Waals surface area (Å²) >= 11 is 0. The van der Waals surface area contributed by atoms with Crippen LogP contribution in [-0.2, 0) is 0 Å². The zero-order valence-electron chi connectivity index (χ0n) is 16.4. The average molecular weight is 387 g/mol. The van der Waals surface area contributed by atoms with Crippen molar-refractivity contribution in [2.45, 2.75) is 33.2 Å². The fourth-order valence-electron chi connectivity index (χ4n) is 2.39. The monoisotopic (exact) mass is 387 g/mol. The first-order chi connectivity index (χ1) is 13.3. The van der Waals surface area contributed by atoms with E-state index in [0.29, 0.717) is 24.0 Å². The van der Waals surface area contributed by atoms with Crippen LogP contribution in [0.3, 0.4) is 0 Å². The molecule has 0 radical (unpaired) electrons. The number of nitrogens with one attached hydrogen (secondary N) is 1. The molecular weight excluding hydrogens is 362 g/mol. The van der Waals surface area contributed by atoms with Gasteiger partial charge < -0.3 is 19.9 Å². The molecule has 0 aliphatic rings. The SMILES string of the molecule is COc1cc(C(C)NC(=O)c2cnc(C(=O)O)cn2)ccc1OCCC(C)C. The average Bonchev–Trinajstić information content (AvgIpc) is 2.67. The zero-order chi connectivity index (χ0) is 20.7. The number of ether oxygens (including phenoxy) is 2. The minimum Gasteiger partial charge on any atom is -0.493 e. The lowest BCUT2D eigenvalue weighted by atomic mass is 10.1. The van der Waals surface area contributed by atoms with Crippen LogP contribution in [0.25, 0.3) is 0 Å². The fourth-order valence-corrected chi connectivity index (χ4v) is 2.39. The molecule has 0 aliphatic carbocycles. The number of methoxy groups -OCH3 is 1. The van der Waals surface area contributed by atoms with Crippen LogP contribution in [0.2, 0.25) is 0 Å². The van der Waals surface area contributed by atoms with Crippen LogP contribution in [0.4, 0.5) is 0 Å². The highest BCUT2D eigenvalue weighted by Gasteiger charge is 2.16. The van der Waals surface area contributed by atoms with Crippen LogP contribution in [0, 0.1) is 5.92 Å². The van der Waals surface area contributed by atoms with Gasteiger partial charge in [0.25, 0.3) is 5.91 Å². The van der Waals surface area contributed by atoms with Gasteiger partial charge >= 0.3 is 5.97 Å². The van der Waals surface area contributed by atoms with Gasteiger partial charge in [0.05, 0.1) is 32.2 Å². The number of aromatic nitrogens is 2. The highest BCUT2D eigenvalue weighted by Crippen LogP contribution is 2.30. The molecule has 0 saturated heterocycles. The van der Waals surface area contributed by atoms with Crippen LogP contribution >= 0.6 is 0 Å². The Labute approximate surface area is 163 Å². The fraction of sp³-hybridized carbons (Fsp3) is 0.400. The summed E-state index contributed by atoms with van der Waals surface area (Å²) in [5.41, 5.74) is 0.649. The van der Waals surface area contributed by atoms with Gasteiger partial charge in [0.1, 0.15) is 5.69 Å². The van der Waals surface area contributed by atoms with E-state index in [1.807, 2.05) is 25.1 Å². The van der Waals surface area contributed by atoms with E-state index in [9.17, 15) is 9.59 Å². The summed E-state index contributed by atoms with van der Waals surface area (Å²) in [4.78, 5) is 30.7. The molecule has 0 spiro atoms. The molecule has 1 aromatic carbocycles. The number of rotatable bonds is 9. The van der Waals surface area contributed by atoms with Crippen molar-refractivity contribution in [3.05, 3.63) is 47.5 Å². The van der Waals surface area contributed by atoms with Crippen LogP contribution in [0.15, 0.2) is 30.6 Å². The van der Waals surface area contributed by atoms with Crippen molar-refractivity contribution in [3.63, 3.8) is 0 Å². The molecule has 1 aromatic heterocycles. The Hall–Kier alpha value is -3.16. The third kappa shape index (κ3) is 5.67. The predicted molar refractivity (Wildman–Crippen MR) is 103 cm³/mol. The van der Waals surface area contributed by atoms with Crippen LogP contribution in [0.1, 0.15) is 59.8 Å². The van der Waals surface area contributed by atoms with Crippen molar-refractivity contribution in [3.8, 4) is 11.5 Å². The van der Waals surface area contributed by atoms with Gasteiger partial charge in [0.15, 0.2) is 17.2 Å². The summed E-state index contributed by atoms with van der Waals surface area (Å²) in [7, 11) is 1.57. The van der Waals surface area contributed by atoms with Gasteiger partial charge in [-0.2, -0.15) is 0 Å². The lowest BCUT2D eigenvalue weighted by Gasteiger charge is -2.17.